The van der Waals surface area contributed by atoms with Gasteiger partial charge in [0, 0.05) is 44.5 Å². The van der Waals surface area contributed by atoms with Crippen LogP contribution in [0.5, 0.6) is 0 Å². The van der Waals surface area contributed by atoms with Crippen LogP contribution < -0.4 is 10.6 Å². The molecule has 1 unspecified atom stereocenters. The van der Waals surface area contributed by atoms with Crippen LogP contribution in [0.1, 0.15) is 29.7 Å². The number of nitrogens with one attached hydrogen (secondary N) is 2. The van der Waals surface area contributed by atoms with E-state index in [1.165, 1.54) is 11.1 Å². The number of benzene rings is 1. The lowest BCUT2D eigenvalue weighted by Gasteiger charge is -2.27. The summed E-state index contributed by atoms with van der Waals surface area (Å²) in [5.74, 6) is 1.88. The number of furan rings is 1. The van der Waals surface area contributed by atoms with E-state index in [0.717, 1.165) is 63.5 Å². The van der Waals surface area contributed by atoms with Crippen LogP contribution in [0.25, 0.3) is 0 Å². The Hall–Kier alpha value is -3.02. The first-order valence-corrected chi connectivity index (χ1v) is 10.5. The van der Waals surface area contributed by atoms with Crippen LogP contribution in [0.2, 0.25) is 0 Å². The molecule has 0 amide bonds. The Morgan fingerprint density at radius 1 is 1.17 bits per heavy atom. The molecule has 1 aliphatic carbocycles. The summed E-state index contributed by atoms with van der Waals surface area (Å²) in [5.41, 5.74) is 2.93. The van der Waals surface area contributed by atoms with Gasteiger partial charge in [-0.3, -0.25) is 9.67 Å². The third kappa shape index (κ3) is 5.73. The van der Waals surface area contributed by atoms with E-state index in [9.17, 15) is 0 Å². The molecule has 2 heterocycles. The first kappa shape index (κ1) is 19.3. The number of guanidine groups is 1. The van der Waals surface area contributed by atoms with Crippen LogP contribution in [-0.4, -0.2) is 34.9 Å². The molecule has 0 bridgehead atoms. The van der Waals surface area contributed by atoms with Gasteiger partial charge in [-0.25, -0.2) is 0 Å². The number of aromatic nitrogens is 2. The highest BCUT2D eigenvalue weighted by Crippen LogP contribution is 2.20. The van der Waals surface area contributed by atoms with Crippen LogP contribution in [0.15, 0.2) is 70.5 Å². The Morgan fingerprint density at radius 2 is 2.10 bits per heavy atom. The minimum absolute atomic E-state index is 0.408. The highest BCUT2D eigenvalue weighted by molar-refractivity contribution is 5.80. The monoisotopic (exact) mass is 391 g/mol. The maximum absolute atomic E-state index is 5.43. The van der Waals surface area contributed by atoms with Gasteiger partial charge in [0.2, 0.25) is 0 Å². The molecule has 6 heteroatoms. The Balaban J connectivity index is 1.32. The molecule has 2 aromatic heterocycles. The van der Waals surface area contributed by atoms with Crippen LogP contribution in [0.4, 0.5) is 0 Å². The van der Waals surface area contributed by atoms with Crippen molar-refractivity contribution < 1.29 is 4.42 Å². The van der Waals surface area contributed by atoms with Crippen LogP contribution in [0, 0.1) is 0 Å². The molecule has 1 atom stereocenters. The molecule has 0 fully saturated rings. The van der Waals surface area contributed by atoms with E-state index in [1.54, 1.807) is 6.26 Å². The average Bonchev–Trinajstić information content (AvgIpc) is 3.45. The summed E-state index contributed by atoms with van der Waals surface area (Å²) in [6, 6.07) is 15.1. The van der Waals surface area contributed by atoms with E-state index < -0.39 is 0 Å². The Bertz CT molecular complexity index is 886. The summed E-state index contributed by atoms with van der Waals surface area (Å²) < 4.78 is 7.38. The molecule has 1 aromatic carbocycles. The van der Waals surface area contributed by atoms with Crippen molar-refractivity contribution in [2.45, 2.75) is 44.7 Å². The van der Waals surface area contributed by atoms with Gasteiger partial charge in [-0.2, -0.15) is 5.10 Å². The lowest BCUT2D eigenvalue weighted by atomic mass is 9.88. The van der Waals surface area contributed by atoms with Crippen LogP contribution in [0.3, 0.4) is 0 Å². The first-order chi connectivity index (χ1) is 14.4. The van der Waals surface area contributed by atoms with Gasteiger partial charge >= 0.3 is 0 Å². The van der Waals surface area contributed by atoms with Crippen LogP contribution in [-0.2, 0) is 25.8 Å². The predicted molar refractivity (Wildman–Crippen MR) is 115 cm³/mol. The van der Waals surface area contributed by atoms with Gasteiger partial charge < -0.3 is 15.1 Å². The average molecular weight is 392 g/mol. The van der Waals surface area contributed by atoms with E-state index in [1.807, 2.05) is 35.3 Å². The maximum Gasteiger partial charge on any atom is 0.191 e. The van der Waals surface area contributed by atoms with Gasteiger partial charge in [-0.05, 0) is 55.0 Å². The third-order valence-electron chi connectivity index (χ3n) is 5.31. The van der Waals surface area contributed by atoms with Crippen molar-refractivity contribution in [1.82, 2.24) is 20.4 Å². The van der Waals surface area contributed by atoms with Gasteiger partial charge in [-0.15, -0.1) is 0 Å². The number of aliphatic imine (C=N–C) groups is 1. The number of rotatable bonds is 8. The van der Waals surface area contributed by atoms with Gasteiger partial charge in [0.1, 0.15) is 5.76 Å². The molecular formula is C23H29N5O. The standard InChI is InChI=1S/C23H29N5O/c1-2-7-20-18-21(10-9-19(20)6-1)27-23(25-14-11-22-8-3-17-29-22)24-12-4-15-28-16-5-13-26-28/h1-3,5-8,13,16-17,21H,4,9-12,14-15,18H2,(H2,24,25,27). The second-order valence-electron chi connectivity index (χ2n) is 7.46. The molecule has 1 aliphatic rings. The quantitative estimate of drug-likeness (QED) is 0.352. The maximum atomic E-state index is 5.43. The second kappa shape index (κ2) is 9.96. The Kier molecular flexibility index (Phi) is 6.63. The number of nitrogens with zero attached hydrogens (tertiary/aromatic N) is 3. The molecule has 0 spiro atoms. The third-order valence-corrected chi connectivity index (χ3v) is 5.31. The van der Waals surface area contributed by atoms with E-state index in [2.05, 4.69) is 40.0 Å². The topological polar surface area (TPSA) is 67.4 Å². The molecule has 6 nitrogen and oxygen atoms in total. The summed E-state index contributed by atoms with van der Waals surface area (Å²) in [5, 5.41) is 11.4. The Labute approximate surface area is 172 Å². The molecule has 0 saturated heterocycles. The van der Waals surface area contributed by atoms with E-state index in [-0.39, 0.29) is 0 Å². The molecule has 29 heavy (non-hydrogen) atoms. The molecule has 2 N–H and O–H groups in total. The predicted octanol–water partition coefficient (Wildman–Crippen LogP) is 3.20. The molecular weight excluding hydrogens is 362 g/mol. The van der Waals surface area contributed by atoms with Crippen molar-refractivity contribution in [2.24, 2.45) is 4.99 Å². The molecule has 152 valence electrons. The van der Waals surface area contributed by atoms with E-state index in [0.29, 0.717) is 6.04 Å². The smallest absolute Gasteiger partial charge is 0.191 e. The zero-order chi connectivity index (χ0) is 19.7. The van der Waals surface area contributed by atoms with Gasteiger partial charge in [0.25, 0.3) is 0 Å². The minimum Gasteiger partial charge on any atom is -0.469 e. The zero-order valence-electron chi connectivity index (χ0n) is 16.8. The molecule has 4 rings (SSSR count). The number of aryl methyl sites for hydroxylation is 2. The number of hydrogen-bond donors (Lipinski definition) is 2. The van der Waals surface area contributed by atoms with E-state index in [4.69, 9.17) is 9.41 Å². The summed E-state index contributed by atoms with van der Waals surface area (Å²) in [6.45, 7) is 2.44. The summed E-state index contributed by atoms with van der Waals surface area (Å²) in [7, 11) is 0. The molecule has 0 aliphatic heterocycles. The SMILES string of the molecule is c1coc(CCNC(=NCCCn2cccn2)NC2CCc3ccccc3C2)c1. The fourth-order valence-electron chi connectivity index (χ4n) is 3.78. The van der Waals surface area contributed by atoms with Crippen molar-refractivity contribution in [3.63, 3.8) is 0 Å². The van der Waals surface area contributed by atoms with Crippen molar-refractivity contribution in [1.29, 1.82) is 0 Å². The summed E-state index contributed by atoms with van der Waals surface area (Å²) >= 11 is 0. The van der Waals surface area contributed by atoms with Crippen molar-refractivity contribution >= 4 is 5.96 Å². The zero-order valence-corrected chi connectivity index (χ0v) is 16.8. The summed E-state index contributed by atoms with van der Waals surface area (Å²) in [4.78, 5) is 4.81. The number of hydrogen-bond acceptors (Lipinski definition) is 3. The molecule has 0 saturated carbocycles. The fourth-order valence-corrected chi connectivity index (χ4v) is 3.78. The largest absolute Gasteiger partial charge is 0.469 e. The lowest BCUT2D eigenvalue weighted by Crippen LogP contribution is -2.46. The van der Waals surface area contributed by atoms with E-state index >= 15 is 0 Å². The van der Waals surface area contributed by atoms with Gasteiger partial charge in [0.15, 0.2) is 5.96 Å². The normalized spacial score (nSPS) is 16.4. The lowest BCUT2D eigenvalue weighted by molar-refractivity contribution is 0.500. The molecule has 3 aromatic rings. The second-order valence-corrected chi connectivity index (χ2v) is 7.46. The molecule has 0 radical (unpaired) electrons. The minimum atomic E-state index is 0.408. The van der Waals surface area contributed by atoms with Crippen molar-refractivity contribution in [2.75, 3.05) is 13.1 Å². The highest BCUT2D eigenvalue weighted by Gasteiger charge is 2.19. The van der Waals surface area contributed by atoms with Crippen LogP contribution >= 0.6 is 0 Å². The highest BCUT2D eigenvalue weighted by atomic mass is 16.3. The number of fused-ring (bicyclic) bond motifs is 1. The summed E-state index contributed by atoms with van der Waals surface area (Å²) in [6.07, 6.45) is 10.6. The fraction of sp³-hybridized carbons (Fsp3) is 0.391. The Morgan fingerprint density at radius 3 is 2.93 bits per heavy atom. The first-order valence-electron chi connectivity index (χ1n) is 10.5. The van der Waals surface area contributed by atoms with Gasteiger partial charge in [-0.1, -0.05) is 24.3 Å². The van der Waals surface area contributed by atoms with Crippen molar-refractivity contribution in [3.05, 3.63) is 78.0 Å². The van der Waals surface area contributed by atoms with Gasteiger partial charge in [0.05, 0.1) is 6.26 Å². The van der Waals surface area contributed by atoms with Crippen molar-refractivity contribution in [3.8, 4) is 0 Å².